The molecule has 0 spiro atoms. The van der Waals surface area contributed by atoms with E-state index < -0.39 is 0 Å². The van der Waals surface area contributed by atoms with Gasteiger partial charge in [0.2, 0.25) is 0 Å². The number of benzene rings is 4. The van der Waals surface area contributed by atoms with Crippen LogP contribution in [0.5, 0.6) is 0 Å². The minimum atomic E-state index is -0.274. The zero-order valence-corrected chi connectivity index (χ0v) is 19.1. The Labute approximate surface area is 194 Å². The Morgan fingerprint density at radius 1 is 0.848 bits per heavy atom. The maximum absolute atomic E-state index is 13.5. The Hall–Kier alpha value is -3.50. The third-order valence-corrected chi connectivity index (χ3v) is 6.08. The second-order valence-electron chi connectivity index (χ2n) is 8.20. The van der Waals surface area contributed by atoms with Crippen LogP contribution in [0.1, 0.15) is 35.3 Å². The van der Waals surface area contributed by atoms with E-state index >= 15 is 0 Å². The number of carbonyl (C=O) groups excluding carboxylic acids is 1. The van der Waals surface area contributed by atoms with Gasteiger partial charge in [-0.15, -0.1) is 0 Å². The molecule has 3 nitrogen and oxygen atoms in total. The first-order valence-electron chi connectivity index (χ1n) is 11.4. The first-order valence-corrected chi connectivity index (χ1v) is 11.4. The SMILES string of the molecule is CCN(CC)Cc1ccc2c(CNC(=O)c3ccc(-c4cccc(F)c4)cc3)cccc2c1. The predicted molar refractivity (Wildman–Crippen MR) is 134 cm³/mol. The summed E-state index contributed by atoms with van der Waals surface area (Å²) in [6.07, 6.45) is 0. The second-order valence-corrected chi connectivity index (χ2v) is 8.20. The molecule has 4 aromatic carbocycles. The topological polar surface area (TPSA) is 32.3 Å². The third kappa shape index (κ3) is 5.47. The molecule has 0 bridgehead atoms. The second kappa shape index (κ2) is 10.4. The number of hydrogen-bond acceptors (Lipinski definition) is 2. The van der Waals surface area contributed by atoms with Gasteiger partial charge in [0, 0.05) is 18.7 Å². The summed E-state index contributed by atoms with van der Waals surface area (Å²) in [4.78, 5) is 15.1. The quantitative estimate of drug-likeness (QED) is 0.343. The third-order valence-electron chi connectivity index (χ3n) is 6.08. The number of rotatable bonds is 8. The molecule has 0 aliphatic rings. The van der Waals surface area contributed by atoms with E-state index in [9.17, 15) is 9.18 Å². The van der Waals surface area contributed by atoms with E-state index in [2.05, 4.69) is 54.4 Å². The Morgan fingerprint density at radius 2 is 1.61 bits per heavy atom. The van der Waals surface area contributed by atoms with Gasteiger partial charge in [0.1, 0.15) is 5.82 Å². The van der Waals surface area contributed by atoms with Crippen LogP contribution in [0.3, 0.4) is 0 Å². The van der Waals surface area contributed by atoms with Gasteiger partial charge in [0.05, 0.1) is 0 Å². The van der Waals surface area contributed by atoms with E-state index in [1.165, 1.54) is 23.1 Å². The first kappa shape index (κ1) is 22.7. The molecule has 33 heavy (non-hydrogen) atoms. The average Bonchev–Trinajstić information content (AvgIpc) is 2.85. The minimum absolute atomic E-state index is 0.129. The fourth-order valence-electron chi connectivity index (χ4n) is 4.12. The largest absolute Gasteiger partial charge is 0.348 e. The molecule has 0 aliphatic heterocycles. The molecule has 0 unspecified atom stereocenters. The maximum atomic E-state index is 13.5. The fourth-order valence-corrected chi connectivity index (χ4v) is 4.12. The summed E-state index contributed by atoms with van der Waals surface area (Å²) in [7, 11) is 0. The lowest BCUT2D eigenvalue weighted by Crippen LogP contribution is -2.23. The van der Waals surface area contributed by atoms with Crippen LogP contribution < -0.4 is 5.32 Å². The number of hydrogen-bond donors (Lipinski definition) is 1. The van der Waals surface area contributed by atoms with Crippen LogP contribution in [-0.2, 0) is 13.1 Å². The summed E-state index contributed by atoms with van der Waals surface area (Å²) >= 11 is 0. The molecule has 0 fully saturated rings. The molecule has 1 amide bonds. The number of nitrogens with zero attached hydrogens (tertiary/aromatic N) is 1. The summed E-state index contributed by atoms with van der Waals surface area (Å²) in [6.45, 7) is 7.82. The minimum Gasteiger partial charge on any atom is -0.348 e. The molecule has 0 saturated heterocycles. The Bertz CT molecular complexity index is 1250. The zero-order valence-electron chi connectivity index (χ0n) is 19.1. The maximum Gasteiger partial charge on any atom is 0.251 e. The van der Waals surface area contributed by atoms with Crippen LogP contribution in [-0.4, -0.2) is 23.9 Å². The Balaban J connectivity index is 1.45. The van der Waals surface area contributed by atoms with Crippen molar-refractivity contribution in [2.24, 2.45) is 0 Å². The molecule has 0 heterocycles. The van der Waals surface area contributed by atoms with Gasteiger partial charge < -0.3 is 5.32 Å². The van der Waals surface area contributed by atoms with Crippen molar-refractivity contribution in [2.75, 3.05) is 13.1 Å². The van der Waals surface area contributed by atoms with Crippen molar-refractivity contribution in [3.05, 3.63) is 107 Å². The van der Waals surface area contributed by atoms with Gasteiger partial charge in [-0.2, -0.15) is 0 Å². The van der Waals surface area contributed by atoms with E-state index in [1.807, 2.05) is 24.3 Å². The smallest absolute Gasteiger partial charge is 0.251 e. The van der Waals surface area contributed by atoms with Crippen LogP contribution in [0.2, 0.25) is 0 Å². The molecule has 0 radical (unpaired) electrons. The van der Waals surface area contributed by atoms with Crippen LogP contribution in [0.25, 0.3) is 21.9 Å². The average molecular weight is 441 g/mol. The van der Waals surface area contributed by atoms with Crippen molar-refractivity contribution in [2.45, 2.75) is 26.9 Å². The van der Waals surface area contributed by atoms with E-state index in [1.54, 1.807) is 18.2 Å². The standard InChI is InChI=1S/C29H29FN2O/c1-3-32(4-2)20-21-11-16-28-25(17-21)8-5-9-26(28)19-31-29(33)23-14-12-22(13-15-23)24-7-6-10-27(30)18-24/h5-18H,3-4,19-20H2,1-2H3,(H,31,33). The van der Waals surface area contributed by atoms with Crippen molar-refractivity contribution in [1.29, 1.82) is 0 Å². The molecule has 0 atom stereocenters. The van der Waals surface area contributed by atoms with Crippen molar-refractivity contribution < 1.29 is 9.18 Å². The number of fused-ring (bicyclic) bond motifs is 1. The lowest BCUT2D eigenvalue weighted by atomic mass is 10.0. The summed E-state index contributed by atoms with van der Waals surface area (Å²) in [5.74, 6) is -0.402. The van der Waals surface area contributed by atoms with Crippen molar-refractivity contribution >= 4 is 16.7 Å². The van der Waals surface area contributed by atoms with Crippen molar-refractivity contribution in [1.82, 2.24) is 10.2 Å². The molecule has 4 rings (SSSR count). The summed E-state index contributed by atoms with van der Waals surface area (Å²) in [5, 5.41) is 5.37. The van der Waals surface area contributed by atoms with E-state index in [-0.39, 0.29) is 11.7 Å². The van der Waals surface area contributed by atoms with Crippen molar-refractivity contribution in [3.63, 3.8) is 0 Å². The van der Waals surface area contributed by atoms with Crippen LogP contribution >= 0.6 is 0 Å². The lowest BCUT2D eigenvalue weighted by Gasteiger charge is -2.18. The normalized spacial score (nSPS) is 11.2. The van der Waals surface area contributed by atoms with E-state index in [0.29, 0.717) is 12.1 Å². The number of amides is 1. The number of nitrogens with one attached hydrogen (secondary N) is 1. The van der Waals surface area contributed by atoms with E-state index in [4.69, 9.17) is 0 Å². The van der Waals surface area contributed by atoms with Crippen LogP contribution in [0.4, 0.5) is 4.39 Å². The molecular formula is C29H29FN2O. The van der Waals surface area contributed by atoms with Crippen LogP contribution in [0.15, 0.2) is 84.9 Å². The predicted octanol–water partition coefficient (Wildman–Crippen LogP) is 6.42. The lowest BCUT2D eigenvalue weighted by molar-refractivity contribution is 0.0951. The van der Waals surface area contributed by atoms with Gasteiger partial charge >= 0.3 is 0 Å². The highest BCUT2D eigenvalue weighted by atomic mass is 19.1. The summed E-state index contributed by atoms with van der Waals surface area (Å²) in [5.41, 5.74) is 4.63. The molecule has 4 aromatic rings. The van der Waals surface area contributed by atoms with Gasteiger partial charge in [0.25, 0.3) is 5.91 Å². The Kier molecular flexibility index (Phi) is 7.16. The first-order chi connectivity index (χ1) is 16.1. The monoisotopic (exact) mass is 440 g/mol. The highest BCUT2D eigenvalue weighted by molar-refractivity contribution is 5.95. The van der Waals surface area contributed by atoms with Gasteiger partial charge in [-0.25, -0.2) is 4.39 Å². The molecule has 0 saturated carbocycles. The molecule has 1 N–H and O–H groups in total. The molecule has 4 heteroatoms. The van der Waals surface area contributed by atoms with Gasteiger partial charge in [0.15, 0.2) is 0 Å². The summed E-state index contributed by atoms with van der Waals surface area (Å²) in [6, 6.07) is 26.5. The molecular weight excluding hydrogens is 411 g/mol. The van der Waals surface area contributed by atoms with Crippen LogP contribution in [0, 0.1) is 5.82 Å². The van der Waals surface area contributed by atoms with Gasteiger partial charge in [-0.3, -0.25) is 9.69 Å². The Morgan fingerprint density at radius 3 is 2.33 bits per heavy atom. The van der Waals surface area contributed by atoms with E-state index in [0.717, 1.165) is 41.7 Å². The molecule has 0 aliphatic carbocycles. The molecule has 0 aromatic heterocycles. The molecule has 168 valence electrons. The highest BCUT2D eigenvalue weighted by Gasteiger charge is 2.09. The zero-order chi connectivity index (χ0) is 23.2. The number of halogens is 1. The van der Waals surface area contributed by atoms with Crippen molar-refractivity contribution in [3.8, 4) is 11.1 Å². The van der Waals surface area contributed by atoms with Gasteiger partial charge in [-0.1, -0.05) is 68.4 Å². The summed E-state index contributed by atoms with van der Waals surface area (Å²) < 4.78 is 13.5. The highest BCUT2D eigenvalue weighted by Crippen LogP contribution is 2.23. The fraction of sp³-hybridized carbons (Fsp3) is 0.207. The number of carbonyl (C=O) groups is 1. The van der Waals surface area contributed by atoms with Gasteiger partial charge in [-0.05, 0) is 76.4 Å².